The van der Waals surface area contributed by atoms with E-state index in [0.717, 1.165) is 32.5 Å². The molecule has 3 aliphatic rings. The van der Waals surface area contributed by atoms with Crippen molar-refractivity contribution in [2.24, 2.45) is 5.92 Å². The fourth-order valence-electron chi connectivity index (χ4n) is 3.80. The summed E-state index contributed by atoms with van der Waals surface area (Å²) in [7, 11) is 0. The minimum Gasteiger partial charge on any atom is -0.503 e. The average molecular weight is 341 g/mol. The van der Waals surface area contributed by atoms with Crippen molar-refractivity contribution in [2.45, 2.75) is 31.7 Å². The monoisotopic (exact) mass is 341 g/mol. The average Bonchev–Trinajstić information content (AvgIpc) is 3.30. The molecule has 0 bridgehead atoms. The van der Waals surface area contributed by atoms with Crippen molar-refractivity contribution < 1.29 is 14.7 Å². The molecule has 1 aromatic heterocycles. The summed E-state index contributed by atoms with van der Waals surface area (Å²) in [4.78, 5) is 33.7. The number of hydrogen-bond acceptors (Lipinski definition) is 5. The summed E-state index contributed by atoms with van der Waals surface area (Å²) < 4.78 is 0. The Labute approximate surface area is 147 Å². The normalized spacial score (nSPS) is 24.4. The molecule has 2 fully saturated rings. The Morgan fingerprint density at radius 3 is 2.60 bits per heavy atom. The molecule has 0 spiro atoms. The van der Waals surface area contributed by atoms with Crippen LogP contribution >= 0.6 is 0 Å². The number of likely N-dealkylation sites (tertiary alicyclic amines) is 1. The molecule has 6 heteroatoms. The topological polar surface area (TPSA) is 73.7 Å². The van der Waals surface area contributed by atoms with Gasteiger partial charge in [0.15, 0.2) is 11.5 Å². The molecular formula is C19H23N3O3. The number of carbonyl (C=O) groups is 2. The second kappa shape index (κ2) is 6.59. The lowest BCUT2D eigenvalue weighted by molar-refractivity contribution is -0.129. The van der Waals surface area contributed by atoms with Crippen LogP contribution in [0.2, 0.25) is 0 Å². The number of amides is 1. The van der Waals surface area contributed by atoms with Crippen molar-refractivity contribution in [3.05, 3.63) is 41.4 Å². The van der Waals surface area contributed by atoms with E-state index in [1.165, 1.54) is 12.8 Å². The molecule has 1 aromatic rings. The minimum atomic E-state index is -0.565. The molecule has 1 saturated carbocycles. The van der Waals surface area contributed by atoms with E-state index in [2.05, 4.69) is 9.88 Å². The molecule has 0 radical (unpaired) electrons. The van der Waals surface area contributed by atoms with Gasteiger partial charge in [-0.1, -0.05) is 6.07 Å². The molecule has 4 rings (SSSR count). The van der Waals surface area contributed by atoms with Gasteiger partial charge in [-0.15, -0.1) is 0 Å². The molecule has 132 valence electrons. The van der Waals surface area contributed by atoms with Gasteiger partial charge in [-0.25, -0.2) is 0 Å². The highest BCUT2D eigenvalue weighted by Crippen LogP contribution is 2.42. The summed E-state index contributed by atoms with van der Waals surface area (Å²) in [5.74, 6) is -0.965. The minimum absolute atomic E-state index is 0.0466. The zero-order chi connectivity index (χ0) is 17.4. The zero-order valence-electron chi connectivity index (χ0n) is 14.2. The van der Waals surface area contributed by atoms with Crippen LogP contribution < -0.4 is 0 Å². The van der Waals surface area contributed by atoms with Crippen molar-refractivity contribution in [2.75, 3.05) is 26.2 Å². The number of aliphatic hydroxyl groups is 1. The fraction of sp³-hybridized carbons (Fsp3) is 0.526. The van der Waals surface area contributed by atoms with E-state index in [4.69, 9.17) is 0 Å². The van der Waals surface area contributed by atoms with Gasteiger partial charge < -0.3 is 14.9 Å². The van der Waals surface area contributed by atoms with Gasteiger partial charge in [0.2, 0.25) is 0 Å². The third kappa shape index (κ3) is 3.06. The molecule has 1 unspecified atom stereocenters. The SMILES string of the molecule is O=C(C1=C(O)C(=O)N(CCN2CCCC2)C1c1ccccn1)C1CC1. The summed E-state index contributed by atoms with van der Waals surface area (Å²) in [5.41, 5.74) is 0.887. The maximum Gasteiger partial charge on any atom is 0.290 e. The lowest BCUT2D eigenvalue weighted by Gasteiger charge is -2.28. The number of aromatic nitrogens is 1. The van der Waals surface area contributed by atoms with Crippen LogP contribution in [0.15, 0.2) is 35.7 Å². The first-order valence-electron chi connectivity index (χ1n) is 9.08. The van der Waals surface area contributed by atoms with E-state index in [-0.39, 0.29) is 23.0 Å². The Morgan fingerprint density at radius 2 is 1.96 bits per heavy atom. The highest BCUT2D eigenvalue weighted by molar-refractivity contribution is 6.10. The molecule has 2 aliphatic heterocycles. The number of carbonyl (C=O) groups excluding carboxylic acids is 2. The van der Waals surface area contributed by atoms with Crippen LogP contribution in [-0.2, 0) is 9.59 Å². The Hall–Kier alpha value is -2.21. The van der Waals surface area contributed by atoms with Gasteiger partial charge in [0, 0.05) is 25.2 Å². The molecule has 3 heterocycles. The number of hydrogen-bond donors (Lipinski definition) is 1. The van der Waals surface area contributed by atoms with Crippen LogP contribution in [0.25, 0.3) is 0 Å². The van der Waals surface area contributed by atoms with Crippen molar-refractivity contribution >= 4 is 11.7 Å². The Morgan fingerprint density at radius 1 is 1.20 bits per heavy atom. The predicted octanol–water partition coefficient (Wildman–Crippen LogP) is 1.85. The van der Waals surface area contributed by atoms with Gasteiger partial charge >= 0.3 is 0 Å². The first-order valence-corrected chi connectivity index (χ1v) is 9.08. The summed E-state index contributed by atoms with van der Waals surface area (Å²) in [6.45, 7) is 3.34. The van der Waals surface area contributed by atoms with Gasteiger partial charge in [-0.05, 0) is 50.9 Å². The van der Waals surface area contributed by atoms with Crippen molar-refractivity contribution in [3.63, 3.8) is 0 Å². The third-order valence-electron chi connectivity index (χ3n) is 5.34. The van der Waals surface area contributed by atoms with Gasteiger partial charge in [0.25, 0.3) is 5.91 Å². The lowest BCUT2D eigenvalue weighted by atomic mass is 9.97. The second-order valence-electron chi connectivity index (χ2n) is 7.11. The summed E-state index contributed by atoms with van der Waals surface area (Å²) in [5, 5.41) is 10.4. The zero-order valence-corrected chi connectivity index (χ0v) is 14.2. The van der Waals surface area contributed by atoms with Crippen LogP contribution in [-0.4, -0.2) is 57.8 Å². The molecule has 1 amide bonds. The fourth-order valence-corrected chi connectivity index (χ4v) is 3.80. The van der Waals surface area contributed by atoms with Crippen LogP contribution in [0.4, 0.5) is 0 Å². The molecule has 1 saturated heterocycles. The highest BCUT2D eigenvalue weighted by atomic mass is 16.3. The molecule has 25 heavy (non-hydrogen) atoms. The molecular weight excluding hydrogens is 318 g/mol. The quantitative estimate of drug-likeness (QED) is 0.855. The number of ketones is 1. The van der Waals surface area contributed by atoms with Crippen LogP contribution in [0.1, 0.15) is 37.4 Å². The smallest absolute Gasteiger partial charge is 0.290 e. The first-order chi connectivity index (χ1) is 12.2. The first kappa shape index (κ1) is 16.3. The summed E-state index contributed by atoms with van der Waals surface area (Å²) in [6.07, 6.45) is 5.71. The number of aliphatic hydroxyl groups excluding tert-OH is 1. The van der Waals surface area contributed by atoms with Gasteiger partial charge in [0.05, 0.1) is 11.3 Å². The Balaban J connectivity index is 1.63. The maximum atomic E-state index is 12.7. The van der Waals surface area contributed by atoms with E-state index >= 15 is 0 Å². The van der Waals surface area contributed by atoms with Crippen LogP contribution in [0.3, 0.4) is 0 Å². The van der Waals surface area contributed by atoms with E-state index < -0.39 is 11.9 Å². The molecule has 1 N–H and O–H groups in total. The van der Waals surface area contributed by atoms with E-state index in [9.17, 15) is 14.7 Å². The second-order valence-corrected chi connectivity index (χ2v) is 7.11. The van der Waals surface area contributed by atoms with Crippen LogP contribution in [0, 0.1) is 5.92 Å². The standard InChI is InChI=1S/C19H23N3O3/c23-17(13-6-7-13)15-16(14-5-1-2-8-20-14)22(19(25)18(15)24)12-11-21-9-3-4-10-21/h1-2,5,8,13,16,24H,3-4,6-7,9-12H2. The number of nitrogens with zero attached hydrogens (tertiary/aromatic N) is 3. The molecule has 1 aliphatic carbocycles. The van der Waals surface area contributed by atoms with E-state index in [1.807, 2.05) is 12.1 Å². The predicted molar refractivity (Wildman–Crippen MR) is 91.8 cm³/mol. The van der Waals surface area contributed by atoms with Crippen molar-refractivity contribution in [1.82, 2.24) is 14.8 Å². The molecule has 0 aromatic carbocycles. The molecule has 6 nitrogen and oxygen atoms in total. The maximum absolute atomic E-state index is 12.7. The van der Waals surface area contributed by atoms with Crippen LogP contribution in [0.5, 0.6) is 0 Å². The highest BCUT2D eigenvalue weighted by Gasteiger charge is 2.47. The van der Waals surface area contributed by atoms with E-state index in [0.29, 0.717) is 12.2 Å². The van der Waals surface area contributed by atoms with Crippen molar-refractivity contribution in [3.8, 4) is 0 Å². The van der Waals surface area contributed by atoms with Gasteiger partial charge in [0.1, 0.15) is 6.04 Å². The summed E-state index contributed by atoms with van der Waals surface area (Å²) >= 11 is 0. The van der Waals surface area contributed by atoms with Crippen molar-refractivity contribution in [1.29, 1.82) is 0 Å². The largest absolute Gasteiger partial charge is 0.503 e. The molecule has 1 atom stereocenters. The Kier molecular flexibility index (Phi) is 4.29. The number of pyridine rings is 1. The van der Waals surface area contributed by atoms with Gasteiger partial charge in [-0.2, -0.15) is 0 Å². The van der Waals surface area contributed by atoms with Gasteiger partial charge in [-0.3, -0.25) is 14.6 Å². The lowest BCUT2D eigenvalue weighted by Crippen LogP contribution is -2.38. The van der Waals surface area contributed by atoms with E-state index in [1.54, 1.807) is 17.2 Å². The number of rotatable bonds is 6. The third-order valence-corrected chi connectivity index (χ3v) is 5.34. The summed E-state index contributed by atoms with van der Waals surface area (Å²) in [6, 6.07) is 4.91. The Bertz CT molecular complexity index is 706. The number of Topliss-reactive ketones (excluding diaryl/α,β-unsaturated/α-hetero) is 1.